The molecular formula is C11H9F4NO2. The summed E-state index contributed by atoms with van der Waals surface area (Å²) in [6.07, 6.45) is -4.08. The third-order valence-electron chi connectivity index (χ3n) is 2.13. The molecule has 0 atom stereocenters. The highest BCUT2D eigenvalue weighted by Gasteiger charge is 2.48. The fraction of sp³-hybridized carbons (Fsp3) is 0.273. The molecule has 0 radical (unpaired) electrons. The van der Waals surface area contributed by atoms with Crippen molar-refractivity contribution in [3.8, 4) is 0 Å². The first-order chi connectivity index (χ1) is 8.25. The molecule has 1 rings (SSSR count). The van der Waals surface area contributed by atoms with Gasteiger partial charge in [-0.1, -0.05) is 0 Å². The maximum Gasteiger partial charge on any atom is 0.383 e. The molecule has 0 aliphatic rings. The Morgan fingerprint density at radius 3 is 2.06 bits per heavy atom. The molecule has 1 N–H and O–H groups in total. The maximum atomic E-state index is 12.6. The Bertz CT molecular complexity index is 457. The lowest BCUT2D eigenvalue weighted by Gasteiger charge is -2.14. The SMILES string of the molecule is CC(=O)c1ccc(NC(=O)C(F)(F)C(F)F)cc1. The van der Waals surface area contributed by atoms with Gasteiger partial charge in [0, 0.05) is 11.3 Å². The lowest BCUT2D eigenvalue weighted by atomic mass is 10.1. The van der Waals surface area contributed by atoms with Crippen LogP contribution < -0.4 is 5.32 Å². The van der Waals surface area contributed by atoms with Crippen LogP contribution in [-0.2, 0) is 4.79 Å². The lowest BCUT2D eigenvalue weighted by Crippen LogP contribution is -2.40. The van der Waals surface area contributed by atoms with Crippen molar-refractivity contribution in [1.29, 1.82) is 0 Å². The Morgan fingerprint density at radius 1 is 1.17 bits per heavy atom. The monoisotopic (exact) mass is 263 g/mol. The van der Waals surface area contributed by atoms with E-state index in [2.05, 4.69) is 0 Å². The van der Waals surface area contributed by atoms with Gasteiger partial charge in [0.2, 0.25) is 0 Å². The highest BCUT2D eigenvalue weighted by molar-refractivity contribution is 5.98. The van der Waals surface area contributed by atoms with E-state index >= 15 is 0 Å². The molecule has 7 heteroatoms. The van der Waals surface area contributed by atoms with Gasteiger partial charge in [0.25, 0.3) is 0 Å². The van der Waals surface area contributed by atoms with E-state index in [0.717, 1.165) is 0 Å². The molecule has 18 heavy (non-hydrogen) atoms. The fourth-order valence-corrected chi connectivity index (χ4v) is 1.10. The highest BCUT2D eigenvalue weighted by atomic mass is 19.3. The number of hydrogen-bond acceptors (Lipinski definition) is 2. The van der Waals surface area contributed by atoms with E-state index in [0.29, 0.717) is 5.56 Å². The minimum absolute atomic E-state index is 0.0923. The number of hydrogen-bond donors (Lipinski definition) is 1. The summed E-state index contributed by atoms with van der Waals surface area (Å²) in [6.45, 7) is 1.30. The molecule has 3 nitrogen and oxygen atoms in total. The number of anilines is 1. The number of amides is 1. The number of halogens is 4. The van der Waals surface area contributed by atoms with Crippen LogP contribution in [-0.4, -0.2) is 24.0 Å². The average Bonchev–Trinajstić information content (AvgIpc) is 2.29. The van der Waals surface area contributed by atoms with Gasteiger partial charge in [-0.05, 0) is 31.2 Å². The van der Waals surface area contributed by atoms with Gasteiger partial charge in [-0.3, -0.25) is 9.59 Å². The number of rotatable bonds is 4. The second-order valence-corrected chi connectivity index (χ2v) is 3.51. The van der Waals surface area contributed by atoms with E-state index in [9.17, 15) is 27.2 Å². The largest absolute Gasteiger partial charge is 0.383 e. The van der Waals surface area contributed by atoms with Crippen molar-refractivity contribution in [3.63, 3.8) is 0 Å². The smallest absolute Gasteiger partial charge is 0.321 e. The first kappa shape index (κ1) is 14.1. The summed E-state index contributed by atoms with van der Waals surface area (Å²) >= 11 is 0. The van der Waals surface area contributed by atoms with E-state index in [4.69, 9.17) is 0 Å². The minimum atomic E-state index is -4.75. The summed E-state index contributed by atoms with van der Waals surface area (Å²) in [6, 6.07) is 4.93. The number of nitrogens with one attached hydrogen (secondary N) is 1. The molecule has 0 aliphatic carbocycles. The zero-order chi connectivity index (χ0) is 13.9. The van der Waals surface area contributed by atoms with Gasteiger partial charge in [0.05, 0.1) is 0 Å². The Labute approximate surface area is 99.8 Å². The van der Waals surface area contributed by atoms with E-state index in [-0.39, 0.29) is 11.5 Å². The molecule has 0 saturated carbocycles. The Morgan fingerprint density at radius 2 is 1.67 bits per heavy atom. The van der Waals surface area contributed by atoms with Crippen molar-refractivity contribution in [3.05, 3.63) is 29.8 Å². The van der Waals surface area contributed by atoms with Crippen molar-refractivity contribution < 1.29 is 27.2 Å². The van der Waals surface area contributed by atoms with Crippen molar-refractivity contribution in [2.75, 3.05) is 5.32 Å². The van der Waals surface area contributed by atoms with Gasteiger partial charge < -0.3 is 5.32 Å². The van der Waals surface area contributed by atoms with Crippen LogP contribution in [0.3, 0.4) is 0 Å². The maximum absolute atomic E-state index is 12.6. The fourth-order valence-electron chi connectivity index (χ4n) is 1.10. The predicted molar refractivity (Wildman–Crippen MR) is 56.0 cm³/mol. The first-order valence-electron chi connectivity index (χ1n) is 4.83. The molecule has 98 valence electrons. The van der Waals surface area contributed by atoms with Crippen molar-refractivity contribution in [2.45, 2.75) is 19.3 Å². The van der Waals surface area contributed by atoms with Crippen LogP contribution in [0.4, 0.5) is 23.2 Å². The number of carbonyl (C=O) groups excluding carboxylic acids is 2. The van der Waals surface area contributed by atoms with Crippen LogP contribution in [0.15, 0.2) is 24.3 Å². The van der Waals surface area contributed by atoms with Crippen LogP contribution in [0.5, 0.6) is 0 Å². The molecule has 0 spiro atoms. The molecule has 1 aromatic rings. The summed E-state index contributed by atoms with van der Waals surface area (Å²) in [5.41, 5.74) is 0.221. The summed E-state index contributed by atoms with van der Waals surface area (Å²) in [5, 5.41) is 1.65. The van der Waals surface area contributed by atoms with Gasteiger partial charge in [0.15, 0.2) is 5.78 Å². The summed E-state index contributed by atoms with van der Waals surface area (Å²) in [4.78, 5) is 21.8. The van der Waals surface area contributed by atoms with Gasteiger partial charge >= 0.3 is 18.3 Å². The molecule has 0 unspecified atom stereocenters. The first-order valence-corrected chi connectivity index (χ1v) is 4.83. The molecule has 0 saturated heterocycles. The van der Waals surface area contributed by atoms with Gasteiger partial charge in [-0.15, -0.1) is 0 Å². The molecule has 0 aromatic heterocycles. The third kappa shape index (κ3) is 3.06. The van der Waals surface area contributed by atoms with E-state index in [1.807, 2.05) is 0 Å². The van der Waals surface area contributed by atoms with Gasteiger partial charge in [-0.2, -0.15) is 8.78 Å². The normalized spacial score (nSPS) is 11.4. The average molecular weight is 263 g/mol. The topological polar surface area (TPSA) is 46.2 Å². The van der Waals surface area contributed by atoms with E-state index < -0.39 is 18.3 Å². The molecule has 0 bridgehead atoms. The number of Topliss-reactive ketones (excluding diaryl/α,β-unsaturated/α-hetero) is 1. The summed E-state index contributed by atoms with van der Waals surface area (Å²) in [5.74, 6) is -7.09. The van der Waals surface area contributed by atoms with Crippen molar-refractivity contribution >= 4 is 17.4 Å². The molecule has 0 aliphatic heterocycles. The molecule has 1 amide bonds. The standard InChI is InChI=1S/C11H9F4NO2/c1-6(17)7-2-4-8(5-3-7)16-10(18)11(14,15)9(12)13/h2-5,9H,1H3,(H,16,18). The highest BCUT2D eigenvalue weighted by Crippen LogP contribution is 2.24. The second kappa shape index (κ2) is 5.16. The van der Waals surface area contributed by atoms with Crippen molar-refractivity contribution in [1.82, 2.24) is 0 Å². The lowest BCUT2D eigenvalue weighted by molar-refractivity contribution is -0.163. The molecule has 0 fully saturated rings. The Balaban J connectivity index is 2.80. The van der Waals surface area contributed by atoms with Crippen LogP contribution in [0, 0.1) is 0 Å². The third-order valence-corrected chi connectivity index (χ3v) is 2.13. The van der Waals surface area contributed by atoms with Crippen LogP contribution in [0.25, 0.3) is 0 Å². The van der Waals surface area contributed by atoms with E-state index in [1.54, 1.807) is 5.32 Å². The second-order valence-electron chi connectivity index (χ2n) is 3.51. The minimum Gasteiger partial charge on any atom is -0.321 e. The predicted octanol–water partition coefficient (Wildman–Crippen LogP) is 2.73. The Hall–Kier alpha value is -1.92. The van der Waals surface area contributed by atoms with Crippen LogP contribution >= 0.6 is 0 Å². The molecule has 1 aromatic carbocycles. The quantitative estimate of drug-likeness (QED) is 0.670. The van der Waals surface area contributed by atoms with Crippen molar-refractivity contribution in [2.24, 2.45) is 0 Å². The zero-order valence-corrected chi connectivity index (χ0v) is 9.22. The van der Waals surface area contributed by atoms with E-state index in [1.165, 1.54) is 31.2 Å². The summed E-state index contributed by atoms with van der Waals surface area (Å²) < 4.78 is 49.0. The molecule has 0 heterocycles. The number of benzene rings is 1. The summed E-state index contributed by atoms with van der Waals surface area (Å²) in [7, 11) is 0. The number of alkyl halides is 4. The van der Waals surface area contributed by atoms with Crippen LogP contribution in [0.2, 0.25) is 0 Å². The van der Waals surface area contributed by atoms with Gasteiger partial charge in [0.1, 0.15) is 0 Å². The zero-order valence-electron chi connectivity index (χ0n) is 9.22. The Kier molecular flexibility index (Phi) is 4.05. The van der Waals surface area contributed by atoms with Gasteiger partial charge in [-0.25, -0.2) is 8.78 Å². The molecular weight excluding hydrogens is 254 g/mol. The number of carbonyl (C=O) groups is 2. The number of ketones is 1. The van der Waals surface area contributed by atoms with Crippen LogP contribution in [0.1, 0.15) is 17.3 Å².